The number of amides is 1. The van der Waals surface area contributed by atoms with Crippen molar-refractivity contribution >= 4 is 5.91 Å². The van der Waals surface area contributed by atoms with Crippen LogP contribution in [0.2, 0.25) is 0 Å². The molecule has 0 saturated carbocycles. The number of aryl methyl sites for hydroxylation is 1. The molecule has 0 spiro atoms. The monoisotopic (exact) mass is 288 g/mol. The van der Waals surface area contributed by atoms with E-state index < -0.39 is 0 Å². The molecule has 1 aromatic carbocycles. The van der Waals surface area contributed by atoms with Crippen molar-refractivity contribution in [1.29, 1.82) is 0 Å². The molecule has 3 nitrogen and oxygen atoms in total. The topological polar surface area (TPSA) is 32.3 Å². The van der Waals surface area contributed by atoms with E-state index in [0.717, 1.165) is 38.8 Å². The Morgan fingerprint density at radius 2 is 2.05 bits per heavy atom. The van der Waals surface area contributed by atoms with Crippen LogP contribution in [0, 0.1) is 12.3 Å². The molecule has 0 atom stereocenters. The van der Waals surface area contributed by atoms with E-state index in [2.05, 4.69) is 43.4 Å². The predicted molar refractivity (Wildman–Crippen MR) is 87.1 cm³/mol. The SMILES string of the molecule is CCCC1(C(=O)N(C)Cc2cccc(C)c2)CCNCC1. The largest absolute Gasteiger partial charge is 0.341 e. The van der Waals surface area contributed by atoms with E-state index in [1.165, 1.54) is 11.1 Å². The van der Waals surface area contributed by atoms with E-state index in [1.54, 1.807) is 0 Å². The second-order valence-electron chi connectivity index (χ2n) is 6.43. The van der Waals surface area contributed by atoms with Crippen molar-refractivity contribution < 1.29 is 4.79 Å². The second-order valence-corrected chi connectivity index (χ2v) is 6.43. The van der Waals surface area contributed by atoms with Crippen molar-refractivity contribution in [2.75, 3.05) is 20.1 Å². The Hall–Kier alpha value is -1.35. The molecule has 1 N–H and O–H groups in total. The van der Waals surface area contributed by atoms with Gasteiger partial charge in [0.25, 0.3) is 0 Å². The summed E-state index contributed by atoms with van der Waals surface area (Å²) in [6.07, 6.45) is 4.02. The zero-order valence-corrected chi connectivity index (χ0v) is 13.6. The lowest BCUT2D eigenvalue weighted by molar-refractivity contribution is -0.143. The van der Waals surface area contributed by atoms with Gasteiger partial charge in [-0.25, -0.2) is 0 Å². The van der Waals surface area contributed by atoms with E-state index in [-0.39, 0.29) is 5.41 Å². The van der Waals surface area contributed by atoms with Crippen LogP contribution in [0.4, 0.5) is 0 Å². The molecule has 1 saturated heterocycles. The molecule has 1 aromatic rings. The minimum Gasteiger partial charge on any atom is -0.341 e. The van der Waals surface area contributed by atoms with Gasteiger partial charge in [-0.2, -0.15) is 0 Å². The number of nitrogens with zero attached hydrogens (tertiary/aromatic N) is 1. The van der Waals surface area contributed by atoms with Crippen molar-refractivity contribution in [3.8, 4) is 0 Å². The third-order valence-electron chi connectivity index (χ3n) is 4.59. The molecule has 1 amide bonds. The van der Waals surface area contributed by atoms with Crippen molar-refractivity contribution in [3.63, 3.8) is 0 Å². The molecule has 1 aliphatic rings. The number of carbonyl (C=O) groups excluding carboxylic acids is 1. The first-order chi connectivity index (χ1) is 10.1. The number of carbonyl (C=O) groups is 1. The minimum absolute atomic E-state index is 0.140. The lowest BCUT2D eigenvalue weighted by Crippen LogP contribution is -2.48. The molecule has 0 unspecified atom stereocenters. The van der Waals surface area contributed by atoms with E-state index in [1.807, 2.05) is 11.9 Å². The van der Waals surface area contributed by atoms with E-state index in [9.17, 15) is 4.79 Å². The summed E-state index contributed by atoms with van der Waals surface area (Å²) >= 11 is 0. The van der Waals surface area contributed by atoms with Crippen LogP contribution in [0.1, 0.15) is 43.7 Å². The molecule has 0 bridgehead atoms. The van der Waals surface area contributed by atoms with Crippen LogP contribution < -0.4 is 5.32 Å². The lowest BCUT2D eigenvalue weighted by Gasteiger charge is -2.39. The van der Waals surface area contributed by atoms with Crippen LogP contribution >= 0.6 is 0 Å². The highest BCUT2D eigenvalue weighted by Gasteiger charge is 2.40. The van der Waals surface area contributed by atoms with Gasteiger partial charge >= 0.3 is 0 Å². The van der Waals surface area contributed by atoms with Gasteiger partial charge in [0.05, 0.1) is 5.41 Å². The third-order valence-corrected chi connectivity index (χ3v) is 4.59. The number of hydrogen-bond acceptors (Lipinski definition) is 2. The Morgan fingerprint density at radius 1 is 1.33 bits per heavy atom. The quantitative estimate of drug-likeness (QED) is 0.903. The number of nitrogens with one attached hydrogen (secondary N) is 1. The summed E-state index contributed by atoms with van der Waals surface area (Å²) in [5.74, 6) is 0.326. The van der Waals surface area contributed by atoms with Crippen LogP contribution in [0.3, 0.4) is 0 Å². The standard InChI is InChI=1S/C18H28N2O/c1-4-8-18(9-11-19-12-10-18)17(21)20(3)14-16-7-5-6-15(2)13-16/h5-7,13,19H,4,8-12,14H2,1-3H3. The predicted octanol–water partition coefficient (Wildman–Crippen LogP) is 3.12. The summed E-state index contributed by atoms with van der Waals surface area (Å²) in [6.45, 7) is 6.90. The zero-order chi connectivity index (χ0) is 15.3. The fourth-order valence-electron chi connectivity index (χ4n) is 3.52. The summed E-state index contributed by atoms with van der Waals surface area (Å²) in [5, 5.41) is 3.38. The first-order valence-corrected chi connectivity index (χ1v) is 8.09. The molecule has 3 heteroatoms. The van der Waals surface area contributed by atoms with Crippen molar-refractivity contribution in [1.82, 2.24) is 10.2 Å². The number of benzene rings is 1. The molecule has 21 heavy (non-hydrogen) atoms. The van der Waals surface area contributed by atoms with Crippen LogP contribution in [-0.2, 0) is 11.3 Å². The van der Waals surface area contributed by atoms with E-state index >= 15 is 0 Å². The highest BCUT2D eigenvalue weighted by molar-refractivity contribution is 5.82. The molecule has 2 rings (SSSR count). The smallest absolute Gasteiger partial charge is 0.228 e. The summed E-state index contributed by atoms with van der Waals surface area (Å²) in [4.78, 5) is 14.9. The molecule has 1 heterocycles. The van der Waals surface area contributed by atoms with Gasteiger partial charge in [-0.3, -0.25) is 4.79 Å². The average Bonchev–Trinajstić information content (AvgIpc) is 2.47. The maximum absolute atomic E-state index is 13.0. The summed E-state index contributed by atoms with van der Waals surface area (Å²) in [5.41, 5.74) is 2.32. The van der Waals surface area contributed by atoms with Gasteiger partial charge in [0, 0.05) is 13.6 Å². The number of hydrogen-bond donors (Lipinski definition) is 1. The van der Waals surface area contributed by atoms with Crippen LogP contribution in [0.25, 0.3) is 0 Å². The van der Waals surface area contributed by atoms with Gasteiger partial charge < -0.3 is 10.2 Å². The molecule has 116 valence electrons. The Bertz CT molecular complexity index is 472. The van der Waals surface area contributed by atoms with Crippen LogP contribution in [0.5, 0.6) is 0 Å². The van der Waals surface area contributed by atoms with Gasteiger partial charge in [-0.1, -0.05) is 43.2 Å². The zero-order valence-electron chi connectivity index (χ0n) is 13.6. The van der Waals surface area contributed by atoms with Gasteiger partial charge in [0.1, 0.15) is 0 Å². The molecular weight excluding hydrogens is 260 g/mol. The van der Waals surface area contributed by atoms with Gasteiger partial charge in [0.2, 0.25) is 5.91 Å². The summed E-state index contributed by atoms with van der Waals surface area (Å²) in [6, 6.07) is 8.43. The van der Waals surface area contributed by atoms with Gasteiger partial charge in [0.15, 0.2) is 0 Å². The van der Waals surface area contributed by atoms with Gasteiger partial charge in [-0.15, -0.1) is 0 Å². The maximum atomic E-state index is 13.0. The van der Waals surface area contributed by atoms with E-state index in [4.69, 9.17) is 0 Å². The lowest BCUT2D eigenvalue weighted by atomic mass is 9.74. The first kappa shape index (κ1) is 16.0. The normalized spacial score (nSPS) is 17.5. The van der Waals surface area contributed by atoms with Crippen molar-refractivity contribution in [2.24, 2.45) is 5.41 Å². The summed E-state index contributed by atoms with van der Waals surface area (Å²) < 4.78 is 0. The van der Waals surface area contributed by atoms with Crippen molar-refractivity contribution in [2.45, 2.75) is 46.1 Å². The maximum Gasteiger partial charge on any atom is 0.228 e. The number of rotatable bonds is 5. The Labute approximate surface area is 128 Å². The Morgan fingerprint density at radius 3 is 2.67 bits per heavy atom. The highest BCUT2D eigenvalue weighted by atomic mass is 16.2. The Balaban J connectivity index is 2.09. The minimum atomic E-state index is -0.140. The van der Waals surface area contributed by atoms with Gasteiger partial charge in [-0.05, 0) is 44.8 Å². The summed E-state index contributed by atoms with van der Waals surface area (Å²) in [7, 11) is 1.95. The molecule has 1 fully saturated rings. The molecule has 0 aliphatic carbocycles. The van der Waals surface area contributed by atoms with Crippen molar-refractivity contribution in [3.05, 3.63) is 35.4 Å². The first-order valence-electron chi connectivity index (χ1n) is 8.09. The third kappa shape index (κ3) is 3.85. The Kier molecular flexibility index (Phi) is 5.40. The molecule has 0 aromatic heterocycles. The fraction of sp³-hybridized carbons (Fsp3) is 0.611. The average molecular weight is 288 g/mol. The second kappa shape index (κ2) is 7.08. The van der Waals surface area contributed by atoms with E-state index in [0.29, 0.717) is 12.5 Å². The molecule has 1 aliphatic heterocycles. The molecule has 0 radical (unpaired) electrons. The van der Waals surface area contributed by atoms with Crippen LogP contribution in [0.15, 0.2) is 24.3 Å². The molecular formula is C18H28N2O. The van der Waals surface area contributed by atoms with Crippen LogP contribution in [-0.4, -0.2) is 30.9 Å². The highest BCUT2D eigenvalue weighted by Crippen LogP contribution is 2.36. The number of piperidine rings is 1. The fourth-order valence-corrected chi connectivity index (χ4v) is 3.52.